The summed E-state index contributed by atoms with van der Waals surface area (Å²) in [7, 11) is 0. The molecule has 0 bridgehead atoms. The van der Waals surface area contributed by atoms with E-state index < -0.39 is 5.79 Å². The van der Waals surface area contributed by atoms with Gasteiger partial charge in [-0.25, -0.2) is 0 Å². The van der Waals surface area contributed by atoms with Gasteiger partial charge >= 0.3 is 0 Å². The van der Waals surface area contributed by atoms with Crippen LogP contribution in [0.5, 0.6) is 5.75 Å². The third-order valence-corrected chi connectivity index (χ3v) is 5.83. The number of ether oxygens (including phenoxy) is 4. The fourth-order valence-corrected chi connectivity index (χ4v) is 4.17. The van der Waals surface area contributed by atoms with Crippen LogP contribution in [0.15, 0.2) is 48.5 Å². The first kappa shape index (κ1) is 19.8. The molecule has 2 aromatic rings. The van der Waals surface area contributed by atoms with Crippen LogP contribution >= 0.6 is 11.6 Å². The average molecular weight is 431 g/mol. The monoisotopic (exact) mass is 430 g/mol. The minimum absolute atomic E-state index is 0.191. The van der Waals surface area contributed by atoms with E-state index in [9.17, 15) is 4.79 Å². The molecule has 7 nitrogen and oxygen atoms in total. The number of para-hydroxylation sites is 1. The van der Waals surface area contributed by atoms with Crippen molar-refractivity contribution in [3.63, 3.8) is 0 Å². The molecule has 2 saturated heterocycles. The fourth-order valence-electron chi connectivity index (χ4n) is 4.04. The first-order valence-electron chi connectivity index (χ1n) is 10.1. The Bertz CT molecular complexity index is 918. The summed E-state index contributed by atoms with van der Waals surface area (Å²) in [4.78, 5) is 17.4. The van der Waals surface area contributed by atoms with Gasteiger partial charge in [-0.1, -0.05) is 29.8 Å². The van der Waals surface area contributed by atoms with Gasteiger partial charge in [0.1, 0.15) is 18.5 Å². The molecule has 158 valence electrons. The zero-order valence-electron chi connectivity index (χ0n) is 16.5. The molecule has 1 amide bonds. The predicted octanol–water partition coefficient (Wildman–Crippen LogP) is 2.62. The van der Waals surface area contributed by atoms with Gasteiger partial charge in [0.25, 0.3) is 11.7 Å². The van der Waals surface area contributed by atoms with Crippen LogP contribution < -0.4 is 9.64 Å². The van der Waals surface area contributed by atoms with E-state index in [0.29, 0.717) is 30.7 Å². The Labute approximate surface area is 180 Å². The molecule has 3 aliphatic heterocycles. The second kappa shape index (κ2) is 8.17. The molecule has 3 aliphatic rings. The number of halogens is 1. The molecule has 0 unspecified atom stereocenters. The van der Waals surface area contributed by atoms with Crippen LogP contribution in [0.4, 0.5) is 5.69 Å². The highest BCUT2D eigenvalue weighted by Gasteiger charge is 2.58. The SMILES string of the molecule is O=C1N(CN2CCOCC2)c2ccccc2[C@]12OC[C@@H](COc1ccc(Cl)cc1)O2. The smallest absolute Gasteiger partial charge is 0.293 e. The molecular weight excluding hydrogens is 408 g/mol. The summed E-state index contributed by atoms with van der Waals surface area (Å²) in [6.45, 7) is 3.97. The minimum Gasteiger partial charge on any atom is -0.491 e. The second-order valence-corrected chi connectivity index (χ2v) is 7.99. The van der Waals surface area contributed by atoms with Gasteiger partial charge in [-0.05, 0) is 30.3 Å². The summed E-state index contributed by atoms with van der Waals surface area (Å²) in [6.07, 6.45) is -0.360. The normalized spacial score (nSPS) is 26.4. The van der Waals surface area contributed by atoms with Crippen molar-refractivity contribution in [3.8, 4) is 5.75 Å². The number of anilines is 1. The van der Waals surface area contributed by atoms with E-state index in [1.165, 1.54) is 0 Å². The molecule has 1 spiro atoms. The highest BCUT2D eigenvalue weighted by molar-refractivity contribution is 6.30. The standard InChI is InChI=1S/C22H23ClN2O5/c23-16-5-7-17(8-6-16)28-13-18-14-29-22(30-18)19-3-1-2-4-20(19)25(21(22)26)15-24-9-11-27-12-10-24/h1-8,18H,9-15H2/t18-,22-/m1/s1. The highest BCUT2D eigenvalue weighted by Crippen LogP contribution is 2.47. The van der Waals surface area contributed by atoms with Crippen molar-refractivity contribution in [2.45, 2.75) is 11.9 Å². The van der Waals surface area contributed by atoms with Crippen molar-refractivity contribution in [1.29, 1.82) is 0 Å². The number of amides is 1. The largest absolute Gasteiger partial charge is 0.491 e. The summed E-state index contributed by atoms with van der Waals surface area (Å²) in [6, 6.07) is 14.8. The molecule has 0 radical (unpaired) electrons. The van der Waals surface area contributed by atoms with Gasteiger partial charge in [0.15, 0.2) is 0 Å². The lowest BCUT2D eigenvalue weighted by Gasteiger charge is -2.31. The molecule has 8 heteroatoms. The number of fused-ring (bicyclic) bond motifs is 2. The van der Waals surface area contributed by atoms with Gasteiger partial charge in [0, 0.05) is 23.7 Å². The van der Waals surface area contributed by atoms with Crippen LogP contribution in [-0.2, 0) is 24.8 Å². The van der Waals surface area contributed by atoms with Crippen molar-refractivity contribution in [2.24, 2.45) is 0 Å². The Morgan fingerprint density at radius 3 is 2.67 bits per heavy atom. The fraction of sp³-hybridized carbons (Fsp3) is 0.409. The number of hydrogen-bond donors (Lipinski definition) is 0. The summed E-state index contributed by atoms with van der Waals surface area (Å²) >= 11 is 5.92. The van der Waals surface area contributed by atoms with E-state index in [1.54, 1.807) is 29.2 Å². The summed E-state index contributed by atoms with van der Waals surface area (Å²) in [5.74, 6) is -0.906. The van der Waals surface area contributed by atoms with E-state index in [4.69, 9.17) is 30.5 Å². The Morgan fingerprint density at radius 2 is 1.87 bits per heavy atom. The molecule has 30 heavy (non-hydrogen) atoms. The third-order valence-electron chi connectivity index (χ3n) is 5.58. The molecule has 0 N–H and O–H groups in total. The number of morpholine rings is 1. The summed E-state index contributed by atoms with van der Waals surface area (Å²) < 4.78 is 23.5. The Kier molecular flexibility index (Phi) is 5.39. The quantitative estimate of drug-likeness (QED) is 0.726. The number of hydrogen-bond acceptors (Lipinski definition) is 6. The third kappa shape index (κ3) is 3.57. The molecule has 0 aromatic heterocycles. The van der Waals surface area contributed by atoms with Crippen molar-refractivity contribution < 1.29 is 23.7 Å². The number of benzene rings is 2. The first-order valence-corrected chi connectivity index (χ1v) is 10.5. The van der Waals surface area contributed by atoms with E-state index in [-0.39, 0.29) is 25.2 Å². The van der Waals surface area contributed by atoms with Crippen LogP contribution in [0.3, 0.4) is 0 Å². The van der Waals surface area contributed by atoms with Gasteiger partial charge < -0.3 is 18.9 Å². The zero-order valence-corrected chi connectivity index (χ0v) is 17.2. The van der Waals surface area contributed by atoms with Crippen LogP contribution in [0, 0.1) is 0 Å². The lowest BCUT2D eigenvalue weighted by molar-refractivity contribution is -0.187. The van der Waals surface area contributed by atoms with E-state index in [2.05, 4.69) is 4.90 Å². The molecule has 2 fully saturated rings. The molecule has 2 atom stereocenters. The minimum atomic E-state index is -1.41. The van der Waals surface area contributed by atoms with Gasteiger partial charge in [0.2, 0.25) is 0 Å². The lowest BCUT2D eigenvalue weighted by Crippen LogP contribution is -2.49. The average Bonchev–Trinajstić information content (AvgIpc) is 3.31. The number of nitrogens with zero attached hydrogens (tertiary/aromatic N) is 2. The second-order valence-electron chi connectivity index (χ2n) is 7.55. The number of rotatable bonds is 5. The van der Waals surface area contributed by atoms with Crippen molar-refractivity contribution in [3.05, 3.63) is 59.1 Å². The maximum absolute atomic E-state index is 13.5. The topological polar surface area (TPSA) is 60.5 Å². The maximum atomic E-state index is 13.5. The van der Waals surface area contributed by atoms with Crippen LogP contribution in [-0.4, -0.2) is 63.1 Å². The predicted molar refractivity (Wildman–Crippen MR) is 111 cm³/mol. The van der Waals surface area contributed by atoms with Crippen molar-refractivity contribution in [2.75, 3.05) is 51.1 Å². The molecule has 0 saturated carbocycles. The van der Waals surface area contributed by atoms with E-state index >= 15 is 0 Å². The maximum Gasteiger partial charge on any atom is 0.293 e. The van der Waals surface area contributed by atoms with Crippen LogP contribution in [0.25, 0.3) is 0 Å². The van der Waals surface area contributed by atoms with Crippen molar-refractivity contribution >= 4 is 23.2 Å². The highest BCUT2D eigenvalue weighted by atomic mass is 35.5. The van der Waals surface area contributed by atoms with Gasteiger partial charge in [-0.15, -0.1) is 0 Å². The summed E-state index contributed by atoms with van der Waals surface area (Å²) in [5.41, 5.74) is 1.57. The van der Waals surface area contributed by atoms with Crippen LogP contribution in [0.1, 0.15) is 5.56 Å². The van der Waals surface area contributed by atoms with Crippen LogP contribution in [0.2, 0.25) is 5.02 Å². The molecule has 0 aliphatic carbocycles. The zero-order chi connectivity index (χ0) is 20.6. The molecular formula is C22H23ClN2O5. The molecule has 5 rings (SSSR count). The number of carbonyl (C=O) groups excluding carboxylic acids is 1. The molecule has 3 heterocycles. The van der Waals surface area contributed by atoms with E-state index in [0.717, 1.165) is 24.3 Å². The first-order chi connectivity index (χ1) is 14.7. The van der Waals surface area contributed by atoms with Gasteiger partial charge in [0.05, 0.1) is 32.2 Å². The lowest BCUT2D eigenvalue weighted by atomic mass is 10.1. The van der Waals surface area contributed by atoms with Gasteiger partial charge in [-0.3, -0.25) is 14.6 Å². The van der Waals surface area contributed by atoms with Gasteiger partial charge in [-0.2, -0.15) is 0 Å². The Balaban J connectivity index is 1.32. The molecule has 2 aromatic carbocycles. The van der Waals surface area contributed by atoms with E-state index in [1.807, 2.05) is 24.3 Å². The number of carbonyl (C=O) groups is 1. The summed E-state index contributed by atoms with van der Waals surface area (Å²) in [5, 5.41) is 0.648. The van der Waals surface area contributed by atoms with Crippen molar-refractivity contribution in [1.82, 2.24) is 4.90 Å². The Hall–Kier alpha value is -2.16. The Morgan fingerprint density at radius 1 is 1.10 bits per heavy atom.